The standard InChI is InChI=1S/C27H45N3O5/c1-12-27(10,11)30(23(33)20(16-31)28-24(34)35-26(7,8)9)21(22(32)29-25(4,5)6)19-14-13-17(2)18(3)15-19/h13-15,20-21,31H,12,16H2,1-11H3,(H,28,34)(H,29,32). The quantitative estimate of drug-likeness (QED) is 0.506. The highest BCUT2D eigenvalue weighted by Gasteiger charge is 2.43. The first kappa shape index (κ1) is 30.4. The van der Waals surface area contributed by atoms with E-state index in [2.05, 4.69) is 10.6 Å². The van der Waals surface area contributed by atoms with E-state index in [0.717, 1.165) is 11.1 Å². The van der Waals surface area contributed by atoms with Crippen molar-refractivity contribution in [1.29, 1.82) is 0 Å². The van der Waals surface area contributed by atoms with E-state index in [4.69, 9.17) is 4.74 Å². The maximum atomic E-state index is 13.9. The van der Waals surface area contributed by atoms with Crippen molar-refractivity contribution in [3.63, 3.8) is 0 Å². The van der Waals surface area contributed by atoms with Gasteiger partial charge in [0.2, 0.25) is 11.8 Å². The van der Waals surface area contributed by atoms with Crippen molar-refractivity contribution < 1.29 is 24.2 Å². The number of hydrogen-bond acceptors (Lipinski definition) is 5. The van der Waals surface area contributed by atoms with Crippen LogP contribution >= 0.6 is 0 Å². The molecule has 0 aliphatic carbocycles. The summed E-state index contributed by atoms with van der Waals surface area (Å²) in [7, 11) is 0. The first-order valence-corrected chi connectivity index (χ1v) is 12.2. The molecule has 2 unspecified atom stereocenters. The number of rotatable bonds is 8. The molecule has 8 nitrogen and oxygen atoms in total. The van der Waals surface area contributed by atoms with Crippen LogP contribution in [0.3, 0.4) is 0 Å². The van der Waals surface area contributed by atoms with Crippen LogP contribution in [0.1, 0.15) is 91.5 Å². The Hall–Kier alpha value is -2.61. The van der Waals surface area contributed by atoms with Crippen molar-refractivity contribution >= 4 is 17.9 Å². The van der Waals surface area contributed by atoms with E-state index >= 15 is 0 Å². The Labute approximate surface area is 210 Å². The van der Waals surface area contributed by atoms with E-state index in [1.807, 2.05) is 73.6 Å². The number of hydrogen-bond donors (Lipinski definition) is 3. The van der Waals surface area contributed by atoms with Crippen LogP contribution in [0, 0.1) is 13.8 Å². The van der Waals surface area contributed by atoms with Gasteiger partial charge in [0.1, 0.15) is 17.7 Å². The fraction of sp³-hybridized carbons (Fsp3) is 0.667. The van der Waals surface area contributed by atoms with Gasteiger partial charge in [-0.25, -0.2) is 4.79 Å². The lowest BCUT2D eigenvalue weighted by molar-refractivity contribution is -0.150. The average molecular weight is 492 g/mol. The summed E-state index contributed by atoms with van der Waals surface area (Å²) in [5, 5.41) is 15.6. The van der Waals surface area contributed by atoms with Crippen molar-refractivity contribution in [2.75, 3.05) is 6.61 Å². The second-order valence-electron chi connectivity index (χ2n) is 11.7. The minimum absolute atomic E-state index is 0.343. The van der Waals surface area contributed by atoms with Gasteiger partial charge in [-0.1, -0.05) is 25.1 Å². The van der Waals surface area contributed by atoms with Gasteiger partial charge in [-0.3, -0.25) is 9.59 Å². The molecular formula is C27H45N3O5. The van der Waals surface area contributed by atoms with E-state index in [-0.39, 0.29) is 5.91 Å². The smallest absolute Gasteiger partial charge is 0.408 e. The molecule has 0 heterocycles. The Morgan fingerprint density at radius 2 is 1.57 bits per heavy atom. The van der Waals surface area contributed by atoms with Gasteiger partial charge in [0, 0.05) is 11.1 Å². The zero-order chi connectivity index (χ0) is 27.4. The van der Waals surface area contributed by atoms with Crippen molar-refractivity contribution in [3.8, 4) is 0 Å². The molecule has 0 bridgehead atoms. The monoisotopic (exact) mass is 491 g/mol. The van der Waals surface area contributed by atoms with Gasteiger partial charge in [0.05, 0.1) is 6.61 Å². The Kier molecular flexibility index (Phi) is 9.92. The van der Waals surface area contributed by atoms with E-state index in [0.29, 0.717) is 12.0 Å². The van der Waals surface area contributed by atoms with Gasteiger partial charge < -0.3 is 25.4 Å². The van der Waals surface area contributed by atoms with E-state index in [1.54, 1.807) is 20.8 Å². The van der Waals surface area contributed by atoms with Crippen LogP contribution in [0.5, 0.6) is 0 Å². The summed E-state index contributed by atoms with van der Waals surface area (Å²) in [6.07, 6.45) is -0.283. The summed E-state index contributed by atoms with van der Waals surface area (Å²) in [5.41, 5.74) is 0.618. The highest BCUT2D eigenvalue weighted by Crippen LogP contribution is 2.33. The molecule has 8 heteroatoms. The molecule has 0 saturated carbocycles. The summed E-state index contributed by atoms with van der Waals surface area (Å²) in [6, 6.07) is 3.41. The van der Waals surface area contributed by atoms with Crippen LogP contribution in [0.25, 0.3) is 0 Å². The zero-order valence-corrected chi connectivity index (χ0v) is 23.3. The second kappa shape index (κ2) is 11.4. The van der Waals surface area contributed by atoms with E-state index in [9.17, 15) is 19.5 Å². The third kappa shape index (κ3) is 8.84. The molecular weight excluding hydrogens is 446 g/mol. The molecule has 0 aromatic heterocycles. The Bertz CT molecular complexity index is 912. The predicted molar refractivity (Wildman–Crippen MR) is 138 cm³/mol. The molecule has 0 aliphatic rings. The molecule has 1 aromatic rings. The largest absolute Gasteiger partial charge is 0.444 e. The Morgan fingerprint density at radius 1 is 1.00 bits per heavy atom. The van der Waals surface area contributed by atoms with Crippen molar-refractivity contribution in [2.24, 2.45) is 0 Å². The molecule has 0 aliphatic heterocycles. The molecule has 1 aromatic carbocycles. The Balaban J connectivity index is 3.63. The fourth-order valence-corrected chi connectivity index (χ4v) is 3.54. The third-order valence-corrected chi connectivity index (χ3v) is 5.78. The summed E-state index contributed by atoms with van der Waals surface area (Å²) in [6.45, 7) is 19.7. The van der Waals surface area contributed by atoms with Gasteiger partial charge in [-0.15, -0.1) is 0 Å². The number of nitrogens with zero attached hydrogens (tertiary/aromatic N) is 1. The van der Waals surface area contributed by atoms with Crippen molar-refractivity contribution in [2.45, 2.75) is 111 Å². The number of aryl methyl sites for hydroxylation is 2. The summed E-state index contributed by atoms with van der Waals surface area (Å²) in [4.78, 5) is 41.5. The molecule has 2 atom stereocenters. The van der Waals surface area contributed by atoms with E-state index < -0.39 is 47.4 Å². The number of ether oxygens (including phenoxy) is 1. The van der Waals surface area contributed by atoms with Gasteiger partial charge in [0.25, 0.3) is 0 Å². The molecule has 0 fully saturated rings. The highest BCUT2D eigenvalue weighted by atomic mass is 16.6. The maximum Gasteiger partial charge on any atom is 0.408 e. The molecule has 198 valence electrons. The van der Waals surface area contributed by atoms with Crippen LogP contribution in [-0.4, -0.2) is 57.2 Å². The molecule has 3 N–H and O–H groups in total. The normalized spacial score (nSPS) is 14.1. The third-order valence-electron chi connectivity index (χ3n) is 5.78. The maximum absolute atomic E-state index is 13.9. The number of benzene rings is 1. The second-order valence-corrected chi connectivity index (χ2v) is 11.7. The van der Waals surface area contributed by atoms with Crippen molar-refractivity contribution in [3.05, 3.63) is 34.9 Å². The summed E-state index contributed by atoms with van der Waals surface area (Å²) < 4.78 is 5.29. The van der Waals surface area contributed by atoms with Gasteiger partial charge in [-0.2, -0.15) is 0 Å². The lowest BCUT2D eigenvalue weighted by Crippen LogP contribution is -2.61. The van der Waals surface area contributed by atoms with Crippen LogP contribution in [0.15, 0.2) is 18.2 Å². The number of carbonyl (C=O) groups is 3. The van der Waals surface area contributed by atoms with Crippen LogP contribution in [0.2, 0.25) is 0 Å². The average Bonchev–Trinajstić information content (AvgIpc) is 2.69. The van der Waals surface area contributed by atoms with E-state index in [1.165, 1.54) is 4.90 Å². The minimum atomic E-state index is -1.29. The summed E-state index contributed by atoms with van der Waals surface area (Å²) >= 11 is 0. The highest BCUT2D eigenvalue weighted by molar-refractivity contribution is 5.93. The molecule has 1 rings (SSSR count). The summed E-state index contributed by atoms with van der Waals surface area (Å²) in [5.74, 6) is -0.915. The molecule has 0 saturated heterocycles. The molecule has 0 radical (unpaired) electrons. The van der Waals surface area contributed by atoms with Crippen LogP contribution in [0.4, 0.5) is 4.79 Å². The predicted octanol–water partition coefficient (Wildman–Crippen LogP) is 4.16. The lowest BCUT2D eigenvalue weighted by Gasteiger charge is -2.45. The first-order chi connectivity index (χ1) is 15.8. The minimum Gasteiger partial charge on any atom is -0.444 e. The van der Waals surface area contributed by atoms with Gasteiger partial charge in [-0.05, 0) is 92.3 Å². The number of aliphatic hydroxyl groups excluding tert-OH is 1. The SMILES string of the molecule is CCC(C)(C)N(C(=O)C(CO)NC(=O)OC(C)(C)C)C(C(=O)NC(C)(C)C)c1ccc(C)c(C)c1. The fourth-order valence-electron chi connectivity index (χ4n) is 3.54. The molecule has 3 amide bonds. The topological polar surface area (TPSA) is 108 Å². The Morgan fingerprint density at radius 3 is 2.00 bits per heavy atom. The number of nitrogens with one attached hydrogen (secondary N) is 2. The van der Waals surface area contributed by atoms with Crippen molar-refractivity contribution in [1.82, 2.24) is 15.5 Å². The number of carbonyl (C=O) groups excluding carboxylic acids is 3. The molecule has 35 heavy (non-hydrogen) atoms. The molecule has 0 spiro atoms. The number of alkyl carbamates (subject to hydrolysis) is 1. The zero-order valence-electron chi connectivity index (χ0n) is 23.3. The number of aliphatic hydroxyl groups is 1. The first-order valence-electron chi connectivity index (χ1n) is 12.2. The lowest BCUT2D eigenvalue weighted by atomic mass is 9.90. The van der Waals surface area contributed by atoms with Crippen LogP contribution < -0.4 is 10.6 Å². The van der Waals surface area contributed by atoms with Gasteiger partial charge in [0.15, 0.2) is 0 Å². The number of amides is 3. The van der Waals surface area contributed by atoms with Gasteiger partial charge >= 0.3 is 6.09 Å². The van der Waals surface area contributed by atoms with Crippen LogP contribution in [-0.2, 0) is 14.3 Å².